The van der Waals surface area contributed by atoms with Crippen molar-refractivity contribution < 1.29 is 22.8 Å². The van der Waals surface area contributed by atoms with Crippen molar-refractivity contribution in [3.8, 4) is 0 Å². The minimum atomic E-state index is -0.776. The van der Waals surface area contributed by atoms with E-state index >= 15 is 0 Å². The molecule has 6 nitrogen and oxygen atoms in total. The highest BCUT2D eigenvalue weighted by atomic mass is 19.1. The first-order valence-corrected chi connectivity index (χ1v) is 10.8. The minimum Gasteiger partial charge on any atom is -0.370 e. The van der Waals surface area contributed by atoms with Crippen molar-refractivity contribution >= 4 is 29.0 Å². The van der Waals surface area contributed by atoms with Gasteiger partial charge in [0.05, 0.1) is 17.1 Å². The van der Waals surface area contributed by atoms with E-state index in [1.54, 1.807) is 24.3 Å². The zero-order valence-electron chi connectivity index (χ0n) is 18.2. The van der Waals surface area contributed by atoms with Crippen LogP contribution in [-0.2, 0) is 6.54 Å². The fourth-order valence-electron chi connectivity index (χ4n) is 3.81. The lowest BCUT2D eigenvalue weighted by atomic mass is 10.1. The Labute approximate surface area is 194 Å². The first kappa shape index (κ1) is 23.2. The van der Waals surface area contributed by atoms with E-state index < -0.39 is 29.4 Å². The molecule has 1 saturated heterocycles. The molecule has 34 heavy (non-hydrogen) atoms. The topological polar surface area (TPSA) is 73.5 Å². The summed E-state index contributed by atoms with van der Waals surface area (Å²) >= 11 is 0. The van der Waals surface area contributed by atoms with Gasteiger partial charge in [0.2, 0.25) is 0 Å². The predicted octanol–water partition coefficient (Wildman–Crippen LogP) is 5.28. The Kier molecular flexibility index (Phi) is 7.01. The minimum absolute atomic E-state index is 0.132. The SMILES string of the molecule is O=C(Nc1cc(F)ccc1F)Nc1cc(C(=O)NCc2cccc(F)c2)ccc1N1CCCC1. The predicted molar refractivity (Wildman–Crippen MR) is 124 cm³/mol. The molecule has 1 aliphatic rings. The van der Waals surface area contributed by atoms with Gasteiger partial charge in [-0.2, -0.15) is 0 Å². The van der Waals surface area contributed by atoms with Gasteiger partial charge in [-0.25, -0.2) is 18.0 Å². The number of rotatable bonds is 6. The number of anilines is 3. The maximum Gasteiger partial charge on any atom is 0.323 e. The lowest BCUT2D eigenvalue weighted by molar-refractivity contribution is 0.0951. The van der Waals surface area contributed by atoms with E-state index in [4.69, 9.17) is 0 Å². The van der Waals surface area contributed by atoms with Crippen molar-refractivity contribution in [2.75, 3.05) is 28.6 Å². The van der Waals surface area contributed by atoms with Crippen LogP contribution in [-0.4, -0.2) is 25.0 Å². The van der Waals surface area contributed by atoms with Gasteiger partial charge in [-0.1, -0.05) is 12.1 Å². The number of halogens is 3. The van der Waals surface area contributed by atoms with Gasteiger partial charge in [-0.3, -0.25) is 4.79 Å². The summed E-state index contributed by atoms with van der Waals surface area (Å²) in [6, 6.07) is 12.8. The number of carbonyl (C=O) groups is 2. The lowest BCUT2D eigenvalue weighted by Crippen LogP contribution is -2.26. The summed E-state index contributed by atoms with van der Waals surface area (Å²) in [5.74, 6) is -2.26. The van der Waals surface area contributed by atoms with Crippen molar-refractivity contribution in [2.45, 2.75) is 19.4 Å². The molecule has 1 fully saturated rings. The summed E-state index contributed by atoms with van der Waals surface area (Å²) in [4.78, 5) is 27.4. The van der Waals surface area contributed by atoms with Crippen molar-refractivity contribution in [1.29, 1.82) is 0 Å². The van der Waals surface area contributed by atoms with Gasteiger partial charge in [0.25, 0.3) is 5.91 Å². The van der Waals surface area contributed by atoms with Crippen LogP contribution < -0.4 is 20.9 Å². The largest absolute Gasteiger partial charge is 0.370 e. The molecule has 0 unspecified atom stereocenters. The number of benzene rings is 3. The molecular formula is C25H23F3N4O2. The summed E-state index contributed by atoms with van der Waals surface area (Å²) in [6.07, 6.45) is 1.99. The van der Waals surface area contributed by atoms with Crippen LogP contribution in [0.1, 0.15) is 28.8 Å². The van der Waals surface area contributed by atoms with E-state index in [0.29, 0.717) is 16.9 Å². The summed E-state index contributed by atoms with van der Waals surface area (Å²) in [7, 11) is 0. The first-order chi connectivity index (χ1) is 16.4. The number of hydrogen-bond acceptors (Lipinski definition) is 3. The second kappa shape index (κ2) is 10.3. The Morgan fingerprint density at radius 2 is 1.56 bits per heavy atom. The molecule has 3 amide bonds. The molecule has 0 atom stereocenters. The molecule has 3 N–H and O–H groups in total. The number of nitrogens with zero attached hydrogens (tertiary/aromatic N) is 1. The van der Waals surface area contributed by atoms with Crippen LogP contribution >= 0.6 is 0 Å². The quantitative estimate of drug-likeness (QED) is 0.461. The van der Waals surface area contributed by atoms with E-state index in [0.717, 1.165) is 44.1 Å². The molecule has 4 rings (SSSR count). The summed E-state index contributed by atoms with van der Waals surface area (Å²) < 4.78 is 40.7. The molecule has 0 aliphatic carbocycles. The van der Waals surface area contributed by atoms with E-state index in [1.807, 2.05) is 0 Å². The van der Waals surface area contributed by atoms with Gasteiger partial charge in [0.1, 0.15) is 17.5 Å². The van der Waals surface area contributed by atoms with Gasteiger partial charge < -0.3 is 20.9 Å². The van der Waals surface area contributed by atoms with Crippen LogP contribution in [0, 0.1) is 17.5 Å². The molecule has 0 saturated carbocycles. The van der Waals surface area contributed by atoms with Crippen LogP contribution in [0.3, 0.4) is 0 Å². The van der Waals surface area contributed by atoms with Crippen LogP contribution in [0.25, 0.3) is 0 Å². The zero-order chi connectivity index (χ0) is 24.1. The fraction of sp³-hybridized carbons (Fsp3) is 0.200. The highest BCUT2D eigenvalue weighted by Crippen LogP contribution is 2.30. The van der Waals surface area contributed by atoms with E-state index in [9.17, 15) is 22.8 Å². The van der Waals surface area contributed by atoms with Gasteiger partial charge in [0, 0.05) is 31.3 Å². The number of nitrogens with one attached hydrogen (secondary N) is 3. The monoisotopic (exact) mass is 468 g/mol. The Bertz CT molecular complexity index is 1210. The fourth-order valence-corrected chi connectivity index (χ4v) is 3.81. The molecule has 1 aliphatic heterocycles. The van der Waals surface area contributed by atoms with E-state index in [1.165, 1.54) is 18.2 Å². The van der Waals surface area contributed by atoms with Crippen molar-refractivity contribution in [2.24, 2.45) is 0 Å². The summed E-state index contributed by atoms with van der Waals surface area (Å²) in [5.41, 5.74) is 1.66. The van der Waals surface area contributed by atoms with Crippen LogP contribution in [0.5, 0.6) is 0 Å². The lowest BCUT2D eigenvalue weighted by Gasteiger charge is -2.22. The van der Waals surface area contributed by atoms with Gasteiger partial charge in [-0.05, 0) is 60.9 Å². The molecule has 0 spiro atoms. The van der Waals surface area contributed by atoms with E-state index in [-0.39, 0.29) is 17.8 Å². The van der Waals surface area contributed by atoms with Crippen LogP contribution in [0.2, 0.25) is 0 Å². The number of carbonyl (C=O) groups excluding carboxylic acids is 2. The van der Waals surface area contributed by atoms with Crippen molar-refractivity contribution in [3.05, 3.63) is 89.2 Å². The number of amides is 3. The molecular weight excluding hydrogens is 445 g/mol. The molecule has 0 radical (unpaired) electrons. The number of urea groups is 1. The molecule has 0 bridgehead atoms. The maximum absolute atomic E-state index is 13.9. The van der Waals surface area contributed by atoms with E-state index in [2.05, 4.69) is 20.9 Å². The molecule has 9 heteroatoms. The Hall–Kier alpha value is -4.01. The normalized spacial score (nSPS) is 13.0. The number of hydrogen-bond donors (Lipinski definition) is 3. The molecule has 176 valence electrons. The second-order valence-electron chi connectivity index (χ2n) is 7.94. The third kappa shape index (κ3) is 5.67. The second-order valence-corrected chi connectivity index (χ2v) is 7.94. The van der Waals surface area contributed by atoms with Crippen molar-refractivity contribution in [1.82, 2.24) is 5.32 Å². The summed E-state index contributed by atoms with van der Waals surface area (Å²) in [6.45, 7) is 1.71. The Balaban J connectivity index is 1.52. The van der Waals surface area contributed by atoms with Gasteiger partial charge in [-0.15, -0.1) is 0 Å². The van der Waals surface area contributed by atoms with Crippen LogP contribution in [0.4, 0.5) is 35.0 Å². The third-order valence-corrected chi connectivity index (χ3v) is 5.47. The highest BCUT2D eigenvalue weighted by molar-refractivity contribution is 6.04. The van der Waals surface area contributed by atoms with Crippen LogP contribution in [0.15, 0.2) is 60.7 Å². The third-order valence-electron chi connectivity index (χ3n) is 5.47. The standard InChI is InChI=1S/C25H23F3N4O2/c26-18-5-3-4-16(12-18)15-29-24(33)17-6-9-23(32-10-1-2-11-32)22(13-17)31-25(34)30-21-14-19(27)7-8-20(21)28/h3-9,12-14H,1-2,10-11,15H2,(H,29,33)(H2,30,31,34). The highest BCUT2D eigenvalue weighted by Gasteiger charge is 2.19. The molecule has 1 heterocycles. The van der Waals surface area contributed by atoms with Gasteiger partial charge >= 0.3 is 6.03 Å². The van der Waals surface area contributed by atoms with Gasteiger partial charge in [0.15, 0.2) is 0 Å². The average molecular weight is 468 g/mol. The molecule has 0 aromatic heterocycles. The average Bonchev–Trinajstić information content (AvgIpc) is 3.34. The zero-order valence-corrected chi connectivity index (χ0v) is 18.2. The van der Waals surface area contributed by atoms with Crippen molar-refractivity contribution in [3.63, 3.8) is 0 Å². The smallest absolute Gasteiger partial charge is 0.323 e. The summed E-state index contributed by atoms with van der Waals surface area (Å²) in [5, 5.41) is 7.67. The maximum atomic E-state index is 13.9. The molecule has 3 aromatic carbocycles. The first-order valence-electron chi connectivity index (χ1n) is 10.8. The Morgan fingerprint density at radius 3 is 2.32 bits per heavy atom. The Morgan fingerprint density at radius 1 is 0.824 bits per heavy atom. The molecule has 3 aromatic rings.